The largest absolute Gasteiger partial charge is 0.481 e. The second-order valence-corrected chi connectivity index (χ2v) is 9.32. The van der Waals surface area contributed by atoms with Gasteiger partial charge in [0.2, 0.25) is 0 Å². The summed E-state index contributed by atoms with van der Waals surface area (Å²) in [6.45, 7) is 8.26. The molecule has 152 valence electrons. The molecule has 1 N–H and O–H groups in total. The number of nitrogens with one attached hydrogen (secondary N) is 1. The van der Waals surface area contributed by atoms with Crippen LogP contribution in [-0.2, 0) is 14.6 Å². The summed E-state index contributed by atoms with van der Waals surface area (Å²) in [6.07, 6.45) is -0.312. The van der Waals surface area contributed by atoms with Gasteiger partial charge in [-0.15, -0.1) is 0 Å². The number of carbonyl (C=O) groups is 1. The van der Waals surface area contributed by atoms with Crippen molar-refractivity contribution in [3.63, 3.8) is 0 Å². The van der Waals surface area contributed by atoms with E-state index in [1.54, 1.807) is 37.3 Å². The lowest BCUT2D eigenvalue weighted by Crippen LogP contribution is -2.37. The van der Waals surface area contributed by atoms with Gasteiger partial charge in [-0.05, 0) is 61.6 Å². The minimum atomic E-state index is -3.33. The van der Waals surface area contributed by atoms with Crippen LogP contribution in [0.2, 0.25) is 0 Å². The highest BCUT2D eigenvalue weighted by molar-refractivity contribution is 7.91. The Morgan fingerprint density at radius 3 is 2.36 bits per heavy atom. The van der Waals surface area contributed by atoms with E-state index in [2.05, 4.69) is 19.2 Å². The van der Waals surface area contributed by atoms with E-state index in [1.165, 1.54) is 5.56 Å². The molecule has 1 amide bonds. The first kappa shape index (κ1) is 22.0. The molecule has 2 aromatic rings. The Morgan fingerprint density at radius 1 is 1.07 bits per heavy atom. The van der Waals surface area contributed by atoms with Crippen LogP contribution >= 0.6 is 0 Å². The van der Waals surface area contributed by atoms with Crippen molar-refractivity contribution in [1.82, 2.24) is 5.32 Å². The van der Waals surface area contributed by atoms with Gasteiger partial charge >= 0.3 is 0 Å². The number of hydrogen-bond acceptors (Lipinski definition) is 4. The van der Waals surface area contributed by atoms with Crippen molar-refractivity contribution >= 4 is 15.7 Å². The molecule has 0 saturated heterocycles. The van der Waals surface area contributed by atoms with Crippen molar-refractivity contribution in [3.8, 4) is 5.75 Å². The molecule has 0 bridgehead atoms. The zero-order valence-corrected chi connectivity index (χ0v) is 17.8. The summed E-state index contributed by atoms with van der Waals surface area (Å²) in [7, 11) is -3.33. The topological polar surface area (TPSA) is 72.5 Å². The van der Waals surface area contributed by atoms with E-state index >= 15 is 0 Å². The lowest BCUT2D eigenvalue weighted by molar-refractivity contribution is -0.127. The fourth-order valence-corrected chi connectivity index (χ4v) is 4.32. The predicted octanol–water partition coefficient (Wildman–Crippen LogP) is 3.87. The van der Waals surface area contributed by atoms with Crippen LogP contribution in [-0.4, -0.2) is 32.7 Å². The van der Waals surface area contributed by atoms with Gasteiger partial charge in [0.05, 0.1) is 10.6 Å². The monoisotopic (exact) mass is 403 g/mol. The third-order valence-corrected chi connectivity index (χ3v) is 6.35. The van der Waals surface area contributed by atoms with Crippen molar-refractivity contribution in [1.29, 1.82) is 0 Å². The molecule has 28 heavy (non-hydrogen) atoms. The second kappa shape index (κ2) is 9.73. The number of carbonyl (C=O) groups excluding carboxylic acids is 1. The summed E-state index contributed by atoms with van der Waals surface area (Å²) in [4.78, 5) is 12.5. The summed E-state index contributed by atoms with van der Waals surface area (Å²) >= 11 is 0. The maximum atomic E-state index is 12.2. The van der Waals surface area contributed by atoms with E-state index in [4.69, 9.17) is 4.74 Å². The molecule has 2 aromatic carbocycles. The number of aryl methyl sites for hydroxylation is 1. The second-order valence-electron chi connectivity index (χ2n) is 7.21. The van der Waals surface area contributed by atoms with Gasteiger partial charge in [0.25, 0.3) is 5.91 Å². The minimum Gasteiger partial charge on any atom is -0.481 e. The molecule has 0 aromatic heterocycles. The molecule has 2 rings (SSSR count). The van der Waals surface area contributed by atoms with Crippen molar-refractivity contribution in [2.75, 3.05) is 12.3 Å². The van der Waals surface area contributed by atoms with E-state index in [1.807, 2.05) is 25.1 Å². The summed E-state index contributed by atoms with van der Waals surface area (Å²) in [5.74, 6) is 0.809. The van der Waals surface area contributed by atoms with Crippen molar-refractivity contribution in [2.45, 2.75) is 51.0 Å². The number of rotatable bonds is 9. The van der Waals surface area contributed by atoms with Crippen LogP contribution < -0.4 is 10.1 Å². The van der Waals surface area contributed by atoms with Gasteiger partial charge in [-0.25, -0.2) is 8.42 Å². The third kappa shape index (κ3) is 6.09. The Kier molecular flexibility index (Phi) is 7.63. The van der Waals surface area contributed by atoms with Crippen LogP contribution in [0.25, 0.3) is 0 Å². The van der Waals surface area contributed by atoms with Crippen LogP contribution in [0.5, 0.6) is 5.75 Å². The lowest BCUT2D eigenvalue weighted by Gasteiger charge is -2.17. The summed E-state index contributed by atoms with van der Waals surface area (Å²) < 4.78 is 30.2. The quantitative estimate of drug-likeness (QED) is 0.645. The van der Waals surface area contributed by atoms with Gasteiger partial charge in [-0.2, -0.15) is 0 Å². The van der Waals surface area contributed by atoms with E-state index in [0.717, 1.165) is 5.56 Å². The number of amides is 1. The molecular formula is C22H29NO4S. The highest BCUT2D eigenvalue weighted by atomic mass is 32.2. The number of benzene rings is 2. The van der Waals surface area contributed by atoms with Gasteiger partial charge in [-0.1, -0.05) is 38.1 Å². The van der Waals surface area contributed by atoms with Crippen molar-refractivity contribution in [2.24, 2.45) is 0 Å². The molecule has 6 heteroatoms. The standard InChI is InChI=1S/C22H29NO4S/c1-16(2)21-12-11-19(15-17(21)3)27-18(4)22(24)23-13-8-14-28(25,26)20-9-6-5-7-10-20/h5-7,9-12,15-16,18H,8,13-14H2,1-4H3,(H,23,24). The molecule has 0 fully saturated rings. The Labute approximate surface area is 168 Å². The van der Waals surface area contributed by atoms with E-state index in [0.29, 0.717) is 23.0 Å². The fraction of sp³-hybridized carbons (Fsp3) is 0.409. The molecule has 0 heterocycles. The van der Waals surface area contributed by atoms with Crippen molar-refractivity contribution in [3.05, 3.63) is 59.7 Å². The zero-order chi connectivity index (χ0) is 20.7. The van der Waals surface area contributed by atoms with E-state index in [9.17, 15) is 13.2 Å². The van der Waals surface area contributed by atoms with Crippen LogP contribution in [0.15, 0.2) is 53.4 Å². The minimum absolute atomic E-state index is 0.0115. The molecule has 0 aliphatic heterocycles. The molecule has 0 aliphatic rings. The molecule has 1 atom stereocenters. The molecule has 0 radical (unpaired) electrons. The van der Waals surface area contributed by atoms with Crippen LogP contribution in [0, 0.1) is 6.92 Å². The maximum absolute atomic E-state index is 12.2. The Balaban J connectivity index is 1.81. The van der Waals surface area contributed by atoms with Crippen LogP contribution in [0.4, 0.5) is 0 Å². The average molecular weight is 404 g/mol. The van der Waals surface area contributed by atoms with Gasteiger partial charge < -0.3 is 10.1 Å². The molecular weight excluding hydrogens is 374 g/mol. The summed E-state index contributed by atoms with van der Waals surface area (Å²) in [5.41, 5.74) is 2.38. The molecule has 0 aliphatic carbocycles. The van der Waals surface area contributed by atoms with Gasteiger partial charge in [0.15, 0.2) is 15.9 Å². The van der Waals surface area contributed by atoms with Crippen molar-refractivity contribution < 1.29 is 17.9 Å². The van der Waals surface area contributed by atoms with Gasteiger partial charge in [-0.3, -0.25) is 4.79 Å². The highest BCUT2D eigenvalue weighted by Crippen LogP contribution is 2.24. The Hall–Kier alpha value is -2.34. The zero-order valence-electron chi connectivity index (χ0n) is 16.9. The SMILES string of the molecule is Cc1cc(OC(C)C(=O)NCCCS(=O)(=O)c2ccccc2)ccc1C(C)C. The molecule has 0 saturated carbocycles. The predicted molar refractivity (Wildman–Crippen MR) is 111 cm³/mol. The first-order chi connectivity index (χ1) is 13.2. The van der Waals surface area contributed by atoms with Gasteiger partial charge in [0.1, 0.15) is 5.75 Å². The summed E-state index contributed by atoms with van der Waals surface area (Å²) in [6, 6.07) is 14.2. The first-order valence-electron chi connectivity index (χ1n) is 9.53. The van der Waals surface area contributed by atoms with E-state index in [-0.39, 0.29) is 18.2 Å². The van der Waals surface area contributed by atoms with Crippen LogP contribution in [0.1, 0.15) is 44.2 Å². The normalized spacial score (nSPS) is 12.6. The number of hydrogen-bond donors (Lipinski definition) is 1. The fourth-order valence-electron chi connectivity index (χ4n) is 2.99. The maximum Gasteiger partial charge on any atom is 0.260 e. The number of sulfone groups is 1. The first-order valence-corrected chi connectivity index (χ1v) is 11.2. The smallest absolute Gasteiger partial charge is 0.260 e. The lowest BCUT2D eigenvalue weighted by atomic mass is 9.98. The number of ether oxygens (including phenoxy) is 1. The van der Waals surface area contributed by atoms with Crippen LogP contribution in [0.3, 0.4) is 0 Å². The highest BCUT2D eigenvalue weighted by Gasteiger charge is 2.17. The third-order valence-electron chi connectivity index (χ3n) is 4.54. The molecule has 1 unspecified atom stereocenters. The molecule has 5 nitrogen and oxygen atoms in total. The average Bonchev–Trinajstić information content (AvgIpc) is 2.65. The summed E-state index contributed by atoms with van der Waals surface area (Å²) in [5, 5.41) is 2.74. The Morgan fingerprint density at radius 2 is 1.75 bits per heavy atom. The molecule has 0 spiro atoms. The van der Waals surface area contributed by atoms with Gasteiger partial charge in [0, 0.05) is 6.54 Å². The van der Waals surface area contributed by atoms with E-state index < -0.39 is 15.9 Å². The Bertz CT molecular complexity index is 892.